The van der Waals surface area contributed by atoms with Gasteiger partial charge in [0.15, 0.2) is 0 Å². The van der Waals surface area contributed by atoms with Gasteiger partial charge in [-0.05, 0) is 18.8 Å². The first kappa shape index (κ1) is 12.0. The van der Waals surface area contributed by atoms with Gasteiger partial charge in [0, 0.05) is 17.8 Å². The van der Waals surface area contributed by atoms with Gasteiger partial charge in [-0.1, -0.05) is 27.7 Å². The molecule has 1 unspecified atom stereocenters. The minimum atomic E-state index is 0.226. The number of rotatable bonds is 3. The maximum absolute atomic E-state index is 8.52. The van der Waals surface area contributed by atoms with Gasteiger partial charge in [0.05, 0.1) is 6.07 Å². The van der Waals surface area contributed by atoms with E-state index in [1.54, 1.807) is 6.08 Å². The van der Waals surface area contributed by atoms with Crippen LogP contribution in [0.25, 0.3) is 0 Å². The predicted octanol–water partition coefficient (Wildman–Crippen LogP) is 2.83. The van der Waals surface area contributed by atoms with Crippen LogP contribution in [0.1, 0.15) is 41.0 Å². The Kier molecular flexibility index (Phi) is 4.55. The third kappa shape index (κ3) is 4.57. The van der Waals surface area contributed by atoms with Crippen molar-refractivity contribution in [3.63, 3.8) is 0 Å². The Bertz CT molecular complexity index is 215. The fourth-order valence-corrected chi connectivity index (χ4v) is 0.818. The molecule has 0 fully saturated rings. The van der Waals surface area contributed by atoms with E-state index in [9.17, 15) is 0 Å². The highest BCUT2D eigenvalue weighted by Crippen LogP contribution is 2.19. The van der Waals surface area contributed by atoms with E-state index in [-0.39, 0.29) is 5.41 Å². The highest BCUT2D eigenvalue weighted by molar-refractivity contribution is 5.12. The smallest absolute Gasteiger partial charge is 0.0930 e. The lowest BCUT2D eigenvalue weighted by Crippen LogP contribution is -2.36. The molecule has 0 saturated carbocycles. The molecule has 0 saturated heterocycles. The van der Waals surface area contributed by atoms with Crippen LogP contribution < -0.4 is 5.32 Å². The lowest BCUT2D eigenvalue weighted by molar-refractivity contribution is 0.301. The van der Waals surface area contributed by atoms with E-state index in [0.717, 1.165) is 12.1 Å². The van der Waals surface area contributed by atoms with E-state index in [1.165, 1.54) is 0 Å². The summed E-state index contributed by atoms with van der Waals surface area (Å²) in [5.41, 5.74) is 1.24. The van der Waals surface area contributed by atoms with Crippen molar-refractivity contribution in [1.82, 2.24) is 5.32 Å². The number of nitrogens with zero attached hydrogens (tertiary/aromatic N) is 1. The van der Waals surface area contributed by atoms with E-state index in [2.05, 4.69) is 39.1 Å². The summed E-state index contributed by atoms with van der Waals surface area (Å²) >= 11 is 0. The van der Waals surface area contributed by atoms with E-state index in [1.807, 2.05) is 6.92 Å². The fraction of sp³-hybridized carbons (Fsp3) is 0.727. The lowest BCUT2D eigenvalue weighted by Gasteiger charge is -2.29. The number of hydrogen-bond donors (Lipinski definition) is 1. The van der Waals surface area contributed by atoms with Crippen molar-refractivity contribution in [3.05, 3.63) is 11.8 Å². The summed E-state index contributed by atoms with van der Waals surface area (Å²) in [7, 11) is 0. The summed E-state index contributed by atoms with van der Waals surface area (Å²) in [6, 6.07) is 2.43. The molecule has 0 aromatic rings. The topological polar surface area (TPSA) is 35.8 Å². The molecule has 0 spiro atoms. The second kappa shape index (κ2) is 4.91. The van der Waals surface area contributed by atoms with Gasteiger partial charge in [-0.15, -0.1) is 0 Å². The maximum atomic E-state index is 8.52. The largest absolute Gasteiger partial charge is 0.385 e. The minimum Gasteiger partial charge on any atom is -0.385 e. The summed E-state index contributed by atoms with van der Waals surface area (Å²) in [5.74, 6) is 0. The van der Waals surface area contributed by atoms with Crippen LogP contribution in [0.5, 0.6) is 0 Å². The summed E-state index contributed by atoms with van der Waals surface area (Å²) in [6.07, 6.45) is 2.47. The summed E-state index contributed by atoms with van der Waals surface area (Å²) < 4.78 is 0. The molecule has 0 rings (SSSR count). The second-order valence-corrected chi connectivity index (χ2v) is 4.38. The Hall–Kier alpha value is -0.970. The molecule has 0 bridgehead atoms. The highest BCUT2D eigenvalue weighted by Gasteiger charge is 2.19. The zero-order valence-corrected chi connectivity index (χ0v) is 9.31. The van der Waals surface area contributed by atoms with Crippen molar-refractivity contribution in [1.29, 1.82) is 5.26 Å². The molecular weight excluding hydrogens is 160 g/mol. The highest BCUT2D eigenvalue weighted by atomic mass is 14.9. The minimum absolute atomic E-state index is 0.226. The number of allylic oxidation sites excluding steroid dienone is 2. The summed E-state index contributed by atoms with van der Waals surface area (Å²) in [5, 5.41) is 11.9. The van der Waals surface area contributed by atoms with Gasteiger partial charge in [0.25, 0.3) is 0 Å². The summed E-state index contributed by atoms with van der Waals surface area (Å²) in [4.78, 5) is 0. The molecular formula is C11H20N2. The van der Waals surface area contributed by atoms with Crippen molar-refractivity contribution in [2.24, 2.45) is 5.41 Å². The predicted molar refractivity (Wildman–Crippen MR) is 56.0 cm³/mol. The van der Waals surface area contributed by atoms with Crippen molar-refractivity contribution in [3.8, 4) is 6.07 Å². The van der Waals surface area contributed by atoms with E-state index >= 15 is 0 Å². The van der Waals surface area contributed by atoms with Gasteiger partial charge in [-0.25, -0.2) is 0 Å². The molecule has 0 aliphatic heterocycles. The molecule has 2 nitrogen and oxygen atoms in total. The lowest BCUT2D eigenvalue weighted by atomic mass is 9.88. The maximum Gasteiger partial charge on any atom is 0.0930 e. The number of nitrogens with one attached hydrogen (secondary N) is 1. The molecule has 0 heterocycles. The monoisotopic (exact) mass is 180 g/mol. The molecule has 0 amide bonds. The van der Waals surface area contributed by atoms with Gasteiger partial charge >= 0.3 is 0 Å². The van der Waals surface area contributed by atoms with Crippen LogP contribution in [0.15, 0.2) is 11.8 Å². The fourth-order valence-electron chi connectivity index (χ4n) is 0.818. The molecule has 0 aromatic carbocycles. The molecule has 2 heteroatoms. The zero-order chi connectivity index (χ0) is 10.5. The van der Waals surface area contributed by atoms with Crippen LogP contribution >= 0.6 is 0 Å². The van der Waals surface area contributed by atoms with Crippen molar-refractivity contribution in [2.75, 3.05) is 0 Å². The Morgan fingerprint density at radius 1 is 1.54 bits per heavy atom. The SMILES string of the molecule is CC/C(=C\C#N)NC(C)C(C)(C)C. The average Bonchev–Trinajstić information content (AvgIpc) is 2.01. The van der Waals surface area contributed by atoms with E-state index in [4.69, 9.17) is 5.26 Å². The van der Waals surface area contributed by atoms with Crippen LogP contribution in [0, 0.1) is 16.7 Å². The van der Waals surface area contributed by atoms with Gasteiger partial charge in [0.1, 0.15) is 0 Å². The molecule has 13 heavy (non-hydrogen) atoms. The number of nitriles is 1. The van der Waals surface area contributed by atoms with E-state index in [0.29, 0.717) is 6.04 Å². The average molecular weight is 180 g/mol. The van der Waals surface area contributed by atoms with Crippen molar-refractivity contribution < 1.29 is 0 Å². The van der Waals surface area contributed by atoms with E-state index < -0.39 is 0 Å². The number of hydrogen-bond acceptors (Lipinski definition) is 2. The molecule has 1 atom stereocenters. The Morgan fingerprint density at radius 3 is 2.38 bits per heavy atom. The van der Waals surface area contributed by atoms with Crippen LogP contribution in [0.3, 0.4) is 0 Å². The standard InChI is InChI=1S/C11H20N2/c1-6-10(7-8-12)13-9(2)11(3,4)5/h7,9,13H,6H2,1-5H3/b10-7+. The molecule has 1 N–H and O–H groups in total. The molecule has 0 aliphatic rings. The normalized spacial score (nSPS) is 14.9. The molecule has 0 radical (unpaired) electrons. The van der Waals surface area contributed by atoms with Gasteiger partial charge in [0.2, 0.25) is 0 Å². The first-order valence-electron chi connectivity index (χ1n) is 4.77. The third-order valence-corrected chi connectivity index (χ3v) is 2.32. The Labute approximate surface area is 81.6 Å². The zero-order valence-electron chi connectivity index (χ0n) is 9.31. The van der Waals surface area contributed by atoms with Crippen LogP contribution in [0.4, 0.5) is 0 Å². The van der Waals surface area contributed by atoms with Crippen LogP contribution in [-0.2, 0) is 0 Å². The van der Waals surface area contributed by atoms with Crippen LogP contribution in [-0.4, -0.2) is 6.04 Å². The van der Waals surface area contributed by atoms with Gasteiger partial charge in [-0.3, -0.25) is 0 Å². The summed E-state index contributed by atoms with van der Waals surface area (Å²) in [6.45, 7) is 10.7. The molecule has 0 aromatic heterocycles. The third-order valence-electron chi connectivity index (χ3n) is 2.32. The Balaban J connectivity index is 4.28. The molecule has 0 aliphatic carbocycles. The Morgan fingerprint density at radius 2 is 2.08 bits per heavy atom. The van der Waals surface area contributed by atoms with Crippen molar-refractivity contribution >= 4 is 0 Å². The van der Waals surface area contributed by atoms with Gasteiger partial charge < -0.3 is 5.32 Å². The molecule has 74 valence electrons. The van der Waals surface area contributed by atoms with Gasteiger partial charge in [-0.2, -0.15) is 5.26 Å². The quantitative estimate of drug-likeness (QED) is 0.678. The second-order valence-electron chi connectivity index (χ2n) is 4.38. The van der Waals surface area contributed by atoms with Crippen LogP contribution in [0.2, 0.25) is 0 Å². The first-order chi connectivity index (χ1) is 5.91. The van der Waals surface area contributed by atoms with Crippen molar-refractivity contribution in [2.45, 2.75) is 47.1 Å². The first-order valence-corrected chi connectivity index (χ1v) is 4.77.